The predicted molar refractivity (Wildman–Crippen MR) is 63.0 cm³/mol. The molecule has 0 unspecified atom stereocenters. The normalized spacial score (nSPS) is 16.6. The van der Waals surface area contributed by atoms with Crippen LogP contribution in [0.2, 0.25) is 0 Å². The van der Waals surface area contributed by atoms with Gasteiger partial charge >= 0.3 is 0 Å². The van der Waals surface area contributed by atoms with Gasteiger partial charge in [-0.25, -0.2) is 4.90 Å². The van der Waals surface area contributed by atoms with E-state index >= 15 is 0 Å². The van der Waals surface area contributed by atoms with Crippen LogP contribution in [0.4, 0.5) is 0 Å². The minimum atomic E-state index is -0.462. The molecule has 0 radical (unpaired) electrons. The van der Waals surface area contributed by atoms with Crippen molar-refractivity contribution in [2.75, 3.05) is 0 Å². The summed E-state index contributed by atoms with van der Waals surface area (Å²) in [6.07, 6.45) is 3.07. The molecule has 4 amide bonds. The van der Waals surface area contributed by atoms with Crippen LogP contribution in [0.5, 0.6) is 0 Å². The van der Waals surface area contributed by atoms with Crippen LogP contribution in [0.1, 0.15) is 51.4 Å². The van der Waals surface area contributed by atoms with Gasteiger partial charge in [0.05, 0.1) is 0 Å². The Bertz CT molecular complexity index is 347. The van der Waals surface area contributed by atoms with E-state index in [1.54, 1.807) is 0 Å². The third-order valence-corrected chi connectivity index (χ3v) is 2.84. The van der Waals surface area contributed by atoms with Crippen molar-refractivity contribution >= 4 is 23.6 Å². The Hall–Kier alpha value is -1.72. The quantitative estimate of drug-likeness (QED) is 0.570. The Balaban J connectivity index is 2.45. The molecule has 100 valence electrons. The fraction of sp³-hybridized carbons (Fsp3) is 0.667. The first kappa shape index (κ1) is 14.3. The Kier molecular flexibility index (Phi) is 5.48. The number of likely N-dealkylation sites (tertiary alicyclic amines) is 1. The Labute approximate surface area is 105 Å². The van der Waals surface area contributed by atoms with Gasteiger partial charge in [0.15, 0.2) is 0 Å². The zero-order valence-corrected chi connectivity index (χ0v) is 10.3. The lowest BCUT2D eigenvalue weighted by atomic mass is 10.1. The van der Waals surface area contributed by atoms with Crippen LogP contribution in [-0.4, -0.2) is 28.5 Å². The summed E-state index contributed by atoms with van der Waals surface area (Å²) in [5.74, 6) is -1.68. The van der Waals surface area contributed by atoms with Gasteiger partial charge in [-0.1, -0.05) is 0 Å². The fourth-order valence-corrected chi connectivity index (χ4v) is 1.88. The van der Waals surface area contributed by atoms with E-state index in [9.17, 15) is 19.2 Å². The van der Waals surface area contributed by atoms with E-state index in [0.29, 0.717) is 25.7 Å². The van der Waals surface area contributed by atoms with Crippen molar-refractivity contribution in [2.24, 2.45) is 5.73 Å². The number of nitrogens with two attached hydrogens (primary N) is 1. The minimum absolute atomic E-state index is 0.102. The monoisotopic (exact) mass is 254 g/mol. The zero-order valence-electron chi connectivity index (χ0n) is 10.3. The summed E-state index contributed by atoms with van der Waals surface area (Å²) < 4.78 is 0. The average molecular weight is 254 g/mol. The Morgan fingerprint density at radius 3 is 2.00 bits per heavy atom. The highest BCUT2D eigenvalue weighted by Gasteiger charge is 2.29. The molecular formula is C12H18N2O4. The maximum Gasteiger partial charge on any atom is 0.236 e. The highest BCUT2D eigenvalue weighted by Crippen LogP contribution is 2.14. The molecule has 2 N–H and O–H groups in total. The number of hydrogen-bond acceptors (Lipinski definition) is 4. The number of primary amides is 1. The molecule has 18 heavy (non-hydrogen) atoms. The molecular weight excluding hydrogens is 236 g/mol. The van der Waals surface area contributed by atoms with E-state index in [4.69, 9.17) is 5.73 Å². The number of unbranched alkanes of at least 4 members (excludes halogenated alkanes) is 1. The predicted octanol–water partition coefficient (Wildman–Crippen LogP) is 0.488. The summed E-state index contributed by atoms with van der Waals surface area (Å²) in [5.41, 5.74) is 4.97. The minimum Gasteiger partial charge on any atom is -0.370 e. The molecule has 0 atom stereocenters. The van der Waals surface area contributed by atoms with Crippen LogP contribution < -0.4 is 5.73 Å². The summed E-state index contributed by atoms with van der Waals surface area (Å²) in [4.78, 5) is 46.3. The molecule has 0 aromatic rings. The summed E-state index contributed by atoms with van der Waals surface area (Å²) in [6.45, 7) is 0. The maximum absolute atomic E-state index is 11.8. The molecule has 1 rings (SSSR count). The highest BCUT2D eigenvalue weighted by atomic mass is 16.2. The van der Waals surface area contributed by atoms with Crippen molar-refractivity contribution in [1.82, 2.24) is 4.90 Å². The number of imide groups is 3. The smallest absolute Gasteiger partial charge is 0.236 e. The second kappa shape index (κ2) is 6.88. The van der Waals surface area contributed by atoms with Crippen molar-refractivity contribution in [3.05, 3.63) is 0 Å². The van der Waals surface area contributed by atoms with E-state index in [-0.39, 0.29) is 25.7 Å². The molecule has 1 aliphatic heterocycles. The largest absolute Gasteiger partial charge is 0.370 e. The summed E-state index contributed by atoms with van der Waals surface area (Å²) >= 11 is 0. The summed E-state index contributed by atoms with van der Waals surface area (Å²) in [5, 5.41) is 0. The number of hydrogen-bond donors (Lipinski definition) is 1. The maximum atomic E-state index is 11.8. The SMILES string of the molecule is NC(=O)CCCCC(=O)N1C(=O)CCCCC1=O. The van der Waals surface area contributed by atoms with Gasteiger partial charge in [-0.3, -0.25) is 19.2 Å². The number of carbonyl (C=O) groups excluding carboxylic acids is 4. The molecule has 0 bridgehead atoms. The van der Waals surface area contributed by atoms with Gasteiger partial charge in [0.2, 0.25) is 23.6 Å². The molecule has 1 heterocycles. The molecule has 1 saturated heterocycles. The van der Waals surface area contributed by atoms with Crippen molar-refractivity contribution in [1.29, 1.82) is 0 Å². The molecule has 0 spiro atoms. The van der Waals surface area contributed by atoms with E-state index in [1.807, 2.05) is 0 Å². The van der Waals surface area contributed by atoms with Gasteiger partial charge in [0.1, 0.15) is 0 Å². The second-order valence-corrected chi connectivity index (χ2v) is 4.40. The van der Waals surface area contributed by atoms with Gasteiger partial charge in [-0.15, -0.1) is 0 Å². The third kappa shape index (κ3) is 4.27. The lowest BCUT2D eigenvalue weighted by Crippen LogP contribution is -2.40. The molecule has 0 aromatic heterocycles. The number of carbonyl (C=O) groups is 4. The standard InChI is InChI=1S/C12H18N2O4/c13-9(15)5-1-2-6-10(16)14-11(17)7-3-4-8-12(14)18/h1-8H2,(H2,13,15). The average Bonchev–Trinajstić information content (AvgIpc) is 2.45. The highest BCUT2D eigenvalue weighted by molar-refractivity contribution is 6.11. The Morgan fingerprint density at radius 1 is 1.00 bits per heavy atom. The molecule has 6 nitrogen and oxygen atoms in total. The first-order valence-corrected chi connectivity index (χ1v) is 6.19. The van der Waals surface area contributed by atoms with E-state index in [0.717, 1.165) is 4.90 Å². The number of amides is 4. The second-order valence-electron chi connectivity index (χ2n) is 4.40. The van der Waals surface area contributed by atoms with Crippen molar-refractivity contribution < 1.29 is 19.2 Å². The molecule has 1 aliphatic rings. The summed E-state index contributed by atoms with van der Waals surface area (Å²) in [7, 11) is 0. The fourth-order valence-electron chi connectivity index (χ4n) is 1.88. The van der Waals surface area contributed by atoms with E-state index in [2.05, 4.69) is 0 Å². The summed E-state index contributed by atoms with van der Waals surface area (Å²) in [6, 6.07) is 0. The van der Waals surface area contributed by atoms with Crippen LogP contribution in [0.3, 0.4) is 0 Å². The lowest BCUT2D eigenvalue weighted by molar-refractivity contribution is -0.153. The van der Waals surface area contributed by atoms with Gasteiger partial charge in [0.25, 0.3) is 0 Å². The van der Waals surface area contributed by atoms with Crippen LogP contribution >= 0.6 is 0 Å². The molecule has 0 aromatic carbocycles. The van der Waals surface area contributed by atoms with Crippen LogP contribution in [0.25, 0.3) is 0 Å². The molecule has 0 saturated carbocycles. The molecule has 0 aliphatic carbocycles. The Morgan fingerprint density at radius 2 is 1.50 bits per heavy atom. The van der Waals surface area contributed by atoms with E-state index in [1.165, 1.54) is 0 Å². The van der Waals surface area contributed by atoms with Crippen LogP contribution in [-0.2, 0) is 19.2 Å². The number of nitrogens with zero attached hydrogens (tertiary/aromatic N) is 1. The first-order chi connectivity index (χ1) is 8.52. The van der Waals surface area contributed by atoms with Gasteiger partial charge in [-0.2, -0.15) is 0 Å². The van der Waals surface area contributed by atoms with Crippen molar-refractivity contribution in [3.8, 4) is 0 Å². The third-order valence-electron chi connectivity index (χ3n) is 2.84. The topological polar surface area (TPSA) is 97.5 Å². The lowest BCUT2D eigenvalue weighted by Gasteiger charge is -2.16. The van der Waals surface area contributed by atoms with Crippen molar-refractivity contribution in [2.45, 2.75) is 51.4 Å². The van der Waals surface area contributed by atoms with Gasteiger partial charge in [0, 0.05) is 25.7 Å². The zero-order chi connectivity index (χ0) is 13.5. The first-order valence-electron chi connectivity index (χ1n) is 6.19. The molecule has 6 heteroatoms. The van der Waals surface area contributed by atoms with Gasteiger partial charge in [-0.05, 0) is 25.7 Å². The molecule has 1 fully saturated rings. The van der Waals surface area contributed by atoms with Crippen LogP contribution in [0, 0.1) is 0 Å². The van der Waals surface area contributed by atoms with Gasteiger partial charge < -0.3 is 5.73 Å². The van der Waals surface area contributed by atoms with Crippen molar-refractivity contribution in [3.63, 3.8) is 0 Å². The number of rotatable bonds is 5. The van der Waals surface area contributed by atoms with E-state index < -0.39 is 23.6 Å². The van der Waals surface area contributed by atoms with Crippen LogP contribution in [0.15, 0.2) is 0 Å².